The van der Waals surface area contributed by atoms with Crippen LogP contribution in [0.5, 0.6) is 5.75 Å². The number of hydrogen-bond donors (Lipinski definition) is 1. The molecule has 0 amide bonds. The molecule has 0 radical (unpaired) electrons. The largest absolute Gasteiger partial charge is 0.497 e. The summed E-state index contributed by atoms with van der Waals surface area (Å²) in [5.74, 6) is 0.640. The van der Waals surface area contributed by atoms with E-state index in [1.807, 2.05) is 6.92 Å². The lowest BCUT2D eigenvalue weighted by molar-refractivity contribution is 0.413. The smallest absolute Gasteiger partial charge is 0.262 e. The summed E-state index contributed by atoms with van der Waals surface area (Å²) >= 11 is 0. The van der Waals surface area contributed by atoms with Crippen LogP contribution in [0.3, 0.4) is 0 Å². The van der Waals surface area contributed by atoms with Gasteiger partial charge in [-0.1, -0.05) is 0 Å². The van der Waals surface area contributed by atoms with Crippen molar-refractivity contribution < 1.29 is 13.2 Å². The highest BCUT2D eigenvalue weighted by molar-refractivity contribution is 7.92. The van der Waals surface area contributed by atoms with E-state index in [1.165, 1.54) is 6.20 Å². The monoisotopic (exact) mass is 306 g/mol. The fourth-order valence-electron chi connectivity index (χ4n) is 2.27. The van der Waals surface area contributed by atoms with Crippen LogP contribution in [0.15, 0.2) is 35.5 Å². The van der Waals surface area contributed by atoms with Crippen molar-refractivity contribution in [2.75, 3.05) is 11.8 Å². The third-order valence-corrected chi connectivity index (χ3v) is 4.75. The van der Waals surface area contributed by atoms with E-state index in [2.05, 4.69) is 9.71 Å². The summed E-state index contributed by atoms with van der Waals surface area (Å²) in [7, 11) is -2.11. The second-order valence-corrected chi connectivity index (χ2v) is 6.57. The molecule has 112 valence electrons. The van der Waals surface area contributed by atoms with Gasteiger partial charge in [0.05, 0.1) is 23.9 Å². The molecular weight excluding hydrogens is 288 g/mol. The molecule has 0 aliphatic carbocycles. The molecule has 21 heavy (non-hydrogen) atoms. The number of anilines is 1. The van der Waals surface area contributed by atoms with Gasteiger partial charge in [-0.05, 0) is 55.7 Å². The van der Waals surface area contributed by atoms with Gasteiger partial charge in [0.2, 0.25) is 0 Å². The minimum atomic E-state index is -3.66. The van der Waals surface area contributed by atoms with Crippen molar-refractivity contribution in [2.45, 2.75) is 25.7 Å². The highest BCUT2D eigenvalue weighted by Gasteiger charge is 2.20. The number of pyridine rings is 1. The molecular formula is C15H18N2O3S. The number of sulfonamides is 1. The molecule has 0 saturated carbocycles. The fourth-order valence-corrected chi connectivity index (χ4v) is 3.76. The molecule has 0 unspecified atom stereocenters. The van der Waals surface area contributed by atoms with Crippen molar-refractivity contribution in [2.24, 2.45) is 0 Å². The average Bonchev–Trinajstić information content (AvgIpc) is 2.36. The van der Waals surface area contributed by atoms with Gasteiger partial charge < -0.3 is 4.74 Å². The first kappa shape index (κ1) is 15.3. The van der Waals surface area contributed by atoms with E-state index in [-0.39, 0.29) is 4.90 Å². The first-order valence-corrected chi connectivity index (χ1v) is 7.91. The highest BCUT2D eigenvalue weighted by atomic mass is 32.2. The Bertz CT molecular complexity index is 747. The van der Waals surface area contributed by atoms with Crippen LogP contribution in [0.1, 0.15) is 16.7 Å². The quantitative estimate of drug-likeness (QED) is 0.943. The fraction of sp³-hybridized carbons (Fsp3) is 0.267. The van der Waals surface area contributed by atoms with E-state index in [1.54, 1.807) is 45.4 Å². The second kappa shape index (κ2) is 5.73. The van der Waals surface area contributed by atoms with Crippen LogP contribution in [-0.2, 0) is 10.0 Å². The first-order valence-electron chi connectivity index (χ1n) is 6.43. The van der Waals surface area contributed by atoms with E-state index in [9.17, 15) is 8.42 Å². The Labute approximate surface area is 125 Å². The van der Waals surface area contributed by atoms with Crippen molar-refractivity contribution in [3.05, 3.63) is 47.3 Å². The molecule has 1 aromatic heterocycles. The molecule has 6 heteroatoms. The lowest BCUT2D eigenvalue weighted by Gasteiger charge is -2.14. The number of hydrogen-bond acceptors (Lipinski definition) is 4. The Balaban J connectivity index is 2.45. The van der Waals surface area contributed by atoms with Gasteiger partial charge in [0.15, 0.2) is 0 Å². The van der Waals surface area contributed by atoms with E-state index in [4.69, 9.17) is 4.74 Å². The molecule has 1 aromatic carbocycles. The average molecular weight is 306 g/mol. The molecule has 1 heterocycles. The Kier molecular flexibility index (Phi) is 4.18. The molecule has 0 bridgehead atoms. The van der Waals surface area contributed by atoms with Gasteiger partial charge in [0, 0.05) is 6.20 Å². The maximum Gasteiger partial charge on any atom is 0.262 e. The van der Waals surface area contributed by atoms with Crippen LogP contribution < -0.4 is 9.46 Å². The summed E-state index contributed by atoms with van der Waals surface area (Å²) < 4.78 is 32.9. The zero-order chi connectivity index (χ0) is 15.6. The van der Waals surface area contributed by atoms with Crippen LogP contribution in [0.4, 0.5) is 5.69 Å². The molecule has 0 atom stereocenters. The van der Waals surface area contributed by atoms with E-state index in [0.717, 1.165) is 5.56 Å². The normalized spacial score (nSPS) is 11.2. The number of nitrogens with zero attached hydrogens (tertiary/aromatic N) is 1. The minimum absolute atomic E-state index is 0.268. The van der Waals surface area contributed by atoms with Crippen molar-refractivity contribution in [3.63, 3.8) is 0 Å². The Hall–Kier alpha value is -2.08. The number of nitrogens with one attached hydrogen (secondary N) is 1. The summed E-state index contributed by atoms with van der Waals surface area (Å²) in [6.45, 7) is 5.35. The Morgan fingerprint density at radius 3 is 2.19 bits per heavy atom. The lowest BCUT2D eigenvalue weighted by Crippen LogP contribution is -2.16. The first-order chi connectivity index (χ1) is 9.83. The third kappa shape index (κ3) is 3.33. The lowest BCUT2D eigenvalue weighted by atomic mass is 10.1. The molecule has 1 N–H and O–H groups in total. The predicted octanol–water partition coefficient (Wildman–Crippen LogP) is 2.82. The molecule has 0 aliphatic heterocycles. The van der Waals surface area contributed by atoms with Crippen LogP contribution >= 0.6 is 0 Å². The maximum atomic E-state index is 12.6. The van der Waals surface area contributed by atoms with Gasteiger partial charge in [-0.3, -0.25) is 9.71 Å². The van der Waals surface area contributed by atoms with Crippen molar-refractivity contribution in [3.8, 4) is 5.75 Å². The molecule has 5 nitrogen and oxygen atoms in total. The SMILES string of the molecule is COc1cc(C)c(S(=O)(=O)Nc2cncc(C)c2)c(C)c1. The van der Waals surface area contributed by atoms with Gasteiger partial charge in [0.25, 0.3) is 10.0 Å². The third-order valence-electron chi connectivity index (χ3n) is 3.07. The number of aryl methyl sites for hydroxylation is 3. The molecule has 0 aliphatic rings. The maximum absolute atomic E-state index is 12.6. The summed E-state index contributed by atoms with van der Waals surface area (Å²) in [5.41, 5.74) is 2.61. The van der Waals surface area contributed by atoms with Gasteiger partial charge in [0.1, 0.15) is 5.75 Å². The van der Waals surface area contributed by atoms with Crippen molar-refractivity contribution in [1.82, 2.24) is 4.98 Å². The summed E-state index contributed by atoms with van der Waals surface area (Å²) in [4.78, 5) is 4.26. The number of benzene rings is 1. The Morgan fingerprint density at radius 2 is 1.67 bits per heavy atom. The van der Waals surface area contributed by atoms with Gasteiger partial charge in [-0.25, -0.2) is 8.42 Å². The zero-order valence-corrected chi connectivity index (χ0v) is 13.3. The molecule has 2 rings (SSSR count). The zero-order valence-electron chi connectivity index (χ0n) is 12.5. The van der Waals surface area contributed by atoms with Gasteiger partial charge in [-0.15, -0.1) is 0 Å². The van der Waals surface area contributed by atoms with Crippen molar-refractivity contribution >= 4 is 15.7 Å². The van der Waals surface area contributed by atoms with Crippen LogP contribution in [0, 0.1) is 20.8 Å². The molecule has 2 aromatic rings. The number of aromatic nitrogens is 1. The van der Waals surface area contributed by atoms with E-state index < -0.39 is 10.0 Å². The van der Waals surface area contributed by atoms with Crippen molar-refractivity contribution in [1.29, 1.82) is 0 Å². The molecule has 0 saturated heterocycles. The number of ether oxygens (including phenoxy) is 1. The number of rotatable bonds is 4. The predicted molar refractivity (Wildman–Crippen MR) is 82.3 cm³/mol. The van der Waals surface area contributed by atoms with Gasteiger partial charge >= 0.3 is 0 Å². The highest BCUT2D eigenvalue weighted by Crippen LogP contribution is 2.27. The summed E-state index contributed by atoms with van der Waals surface area (Å²) in [6, 6.07) is 5.14. The Morgan fingerprint density at radius 1 is 1.05 bits per heavy atom. The van der Waals surface area contributed by atoms with Crippen LogP contribution in [0.2, 0.25) is 0 Å². The minimum Gasteiger partial charge on any atom is -0.497 e. The summed E-state index contributed by atoms with van der Waals surface area (Å²) in [5, 5.41) is 0. The van der Waals surface area contributed by atoms with Crippen LogP contribution in [-0.4, -0.2) is 20.5 Å². The topological polar surface area (TPSA) is 68.3 Å². The number of methoxy groups -OCH3 is 1. The summed E-state index contributed by atoms with van der Waals surface area (Å²) in [6.07, 6.45) is 3.15. The van der Waals surface area contributed by atoms with E-state index >= 15 is 0 Å². The van der Waals surface area contributed by atoms with E-state index in [0.29, 0.717) is 22.6 Å². The van der Waals surface area contributed by atoms with Crippen LogP contribution in [0.25, 0.3) is 0 Å². The molecule has 0 spiro atoms. The van der Waals surface area contributed by atoms with Gasteiger partial charge in [-0.2, -0.15) is 0 Å². The molecule has 0 fully saturated rings. The second-order valence-electron chi connectivity index (χ2n) is 4.95. The standard InChI is InChI=1S/C15H18N2O3S/c1-10-5-13(9-16-8-10)17-21(18,19)15-11(2)6-14(20-4)7-12(15)3/h5-9,17H,1-4H3.